The molecule has 0 saturated heterocycles. The molecule has 1 heterocycles. The molecule has 0 aliphatic carbocycles. The smallest absolute Gasteiger partial charge is 0.337 e. The Hall–Kier alpha value is -2.81. The van der Waals surface area contributed by atoms with Crippen molar-refractivity contribution in [1.29, 1.82) is 0 Å². The molecule has 9 heteroatoms. The molecule has 25 heavy (non-hydrogen) atoms. The molecule has 0 atom stereocenters. The van der Waals surface area contributed by atoms with Crippen molar-refractivity contribution in [1.82, 2.24) is 9.55 Å². The number of methoxy groups -OCH3 is 2. The first-order valence-electron chi connectivity index (χ1n) is 7.16. The van der Waals surface area contributed by atoms with E-state index >= 15 is 0 Å². The van der Waals surface area contributed by atoms with Crippen molar-refractivity contribution >= 4 is 35.3 Å². The second kappa shape index (κ2) is 8.34. The predicted octanol–water partition coefficient (Wildman–Crippen LogP) is 1.72. The van der Waals surface area contributed by atoms with Gasteiger partial charge in [0, 0.05) is 25.1 Å². The maximum atomic E-state index is 12.1. The lowest BCUT2D eigenvalue weighted by molar-refractivity contribution is -0.113. The van der Waals surface area contributed by atoms with E-state index in [0.29, 0.717) is 10.8 Å². The first-order chi connectivity index (χ1) is 11.9. The number of hydrogen-bond acceptors (Lipinski definition) is 7. The topological polar surface area (TPSA) is 99.5 Å². The van der Waals surface area contributed by atoms with E-state index < -0.39 is 11.9 Å². The summed E-state index contributed by atoms with van der Waals surface area (Å²) in [5, 5.41) is 3.35. The van der Waals surface area contributed by atoms with Gasteiger partial charge in [0.15, 0.2) is 5.16 Å². The van der Waals surface area contributed by atoms with Gasteiger partial charge in [0.1, 0.15) is 0 Å². The Kier molecular flexibility index (Phi) is 6.18. The number of hydrogen-bond donors (Lipinski definition) is 1. The van der Waals surface area contributed by atoms with Crippen molar-refractivity contribution in [2.45, 2.75) is 5.16 Å². The summed E-state index contributed by atoms with van der Waals surface area (Å²) in [5.74, 6) is -1.42. The Bertz CT molecular complexity index is 769. The van der Waals surface area contributed by atoms with Gasteiger partial charge in [0.2, 0.25) is 5.91 Å². The third kappa shape index (κ3) is 4.83. The fraction of sp³-hybridized carbons (Fsp3) is 0.250. The van der Waals surface area contributed by atoms with Gasteiger partial charge in [-0.1, -0.05) is 11.8 Å². The molecule has 2 rings (SSSR count). The number of aromatic nitrogens is 2. The lowest BCUT2D eigenvalue weighted by Gasteiger charge is -2.09. The van der Waals surface area contributed by atoms with Crippen molar-refractivity contribution in [2.24, 2.45) is 7.05 Å². The highest BCUT2D eigenvalue weighted by molar-refractivity contribution is 7.99. The lowest BCUT2D eigenvalue weighted by Crippen LogP contribution is -2.16. The van der Waals surface area contributed by atoms with E-state index in [-0.39, 0.29) is 22.8 Å². The van der Waals surface area contributed by atoms with Crippen molar-refractivity contribution in [2.75, 3.05) is 25.3 Å². The van der Waals surface area contributed by atoms with E-state index in [0.717, 1.165) is 0 Å². The molecule has 132 valence electrons. The fourth-order valence-electron chi connectivity index (χ4n) is 1.99. The van der Waals surface area contributed by atoms with E-state index in [1.807, 2.05) is 7.05 Å². The third-order valence-corrected chi connectivity index (χ3v) is 4.23. The quantitative estimate of drug-likeness (QED) is 0.616. The number of rotatable bonds is 6. The summed E-state index contributed by atoms with van der Waals surface area (Å²) in [6.07, 6.45) is 3.42. The number of thioether (sulfide) groups is 1. The van der Waals surface area contributed by atoms with E-state index in [2.05, 4.69) is 19.8 Å². The van der Waals surface area contributed by atoms with Gasteiger partial charge in [-0.15, -0.1) is 0 Å². The molecule has 0 bridgehead atoms. The molecule has 1 N–H and O–H groups in total. The minimum atomic E-state index is -0.622. The van der Waals surface area contributed by atoms with Crippen LogP contribution in [0.5, 0.6) is 0 Å². The average Bonchev–Trinajstić information content (AvgIpc) is 3.03. The Morgan fingerprint density at radius 1 is 1.12 bits per heavy atom. The molecule has 0 spiro atoms. The van der Waals surface area contributed by atoms with Crippen molar-refractivity contribution < 1.29 is 23.9 Å². The van der Waals surface area contributed by atoms with Crippen LogP contribution in [0.3, 0.4) is 0 Å². The molecule has 0 fully saturated rings. The molecule has 0 aliphatic heterocycles. The monoisotopic (exact) mass is 363 g/mol. The number of benzene rings is 1. The highest BCUT2D eigenvalue weighted by atomic mass is 32.2. The van der Waals surface area contributed by atoms with Crippen LogP contribution < -0.4 is 5.32 Å². The van der Waals surface area contributed by atoms with Gasteiger partial charge in [-0.3, -0.25) is 4.79 Å². The normalized spacial score (nSPS) is 10.2. The second-order valence-corrected chi connectivity index (χ2v) is 5.88. The summed E-state index contributed by atoms with van der Waals surface area (Å²) in [6, 6.07) is 4.21. The van der Waals surface area contributed by atoms with Crippen LogP contribution in [0.2, 0.25) is 0 Å². The Balaban J connectivity index is 2.13. The lowest BCUT2D eigenvalue weighted by atomic mass is 10.1. The second-order valence-electron chi connectivity index (χ2n) is 4.94. The van der Waals surface area contributed by atoms with Crippen molar-refractivity contribution in [3.63, 3.8) is 0 Å². The maximum Gasteiger partial charge on any atom is 0.337 e. The van der Waals surface area contributed by atoms with Crippen LogP contribution in [0.25, 0.3) is 0 Å². The molecular formula is C16H17N3O5S. The zero-order valence-corrected chi connectivity index (χ0v) is 14.8. The number of carbonyl (C=O) groups is 3. The van der Waals surface area contributed by atoms with Crippen LogP contribution in [0, 0.1) is 0 Å². The maximum absolute atomic E-state index is 12.1. The van der Waals surface area contributed by atoms with Gasteiger partial charge in [0.05, 0.1) is 31.1 Å². The zero-order valence-electron chi connectivity index (χ0n) is 13.9. The Morgan fingerprint density at radius 2 is 1.72 bits per heavy atom. The molecular weight excluding hydrogens is 346 g/mol. The highest BCUT2D eigenvalue weighted by Gasteiger charge is 2.15. The Morgan fingerprint density at radius 3 is 2.20 bits per heavy atom. The van der Waals surface area contributed by atoms with E-state index in [4.69, 9.17) is 0 Å². The van der Waals surface area contributed by atoms with E-state index in [1.54, 1.807) is 17.0 Å². The van der Waals surface area contributed by atoms with Crippen LogP contribution in [0.4, 0.5) is 5.69 Å². The number of nitrogens with one attached hydrogen (secondary N) is 1. The van der Waals surface area contributed by atoms with Crippen molar-refractivity contribution in [3.8, 4) is 0 Å². The summed E-state index contributed by atoms with van der Waals surface area (Å²) in [6.45, 7) is 0. The van der Waals surface area contributed by atoms with Crippen LogP contribution >= 0.6 is 11.8 Å². The molecule has 0 unspecified atom stereocenters. The van der Waals surface area contributed by atoms with Crippen molar-refractivity contribution in [3.05, 3.63) is 41.7 Å². The molecule has 1 aromatic carbocycles. The van der Waals surface area contributed by atoms with Gasteiger partial charge in [-0.05, 0) is 18.2 Å². The molecule has 1 aromatic heterocycles. The summed E-state index contributed by atoms with van der Waals surface area (Å²) in [4.78, 5) is 39.7. The summed E-state index contributed by atoms with van der Waals surface area (Å²) < 4.78 is 11.1. The van der Waals surface area contributed by atoms with Gasteiger partial charge in [-0.2, -0.15) is 0 Å². The number of imidazole rings is 1. The number of anilines is 1. The number of amides is 1. The minimum Gasteiger partial charge on any atom is -0.465 e. The number of aryl methyl sites for hydroxylation is 1. The standard InChI is InChI=1S/C16H17N3O5S/c1-19-5-4-17-16(19)25-9-13(20)18-12-7-10(14(21)23-2)6-11(8-12)15(22)24-3/h4-8H,9H2,1-3H3,(H,18,20). The molecule has 8 nitrogen and oxygen atoms in total. The zero-order chi connectivity index (χ0) is 18.4. The number of carbonyl (C=O) groups excluding carboxylic acids is 3. The summed E-state index contributed by atoms with van der Waals surface area (Å²) in [7, 11) is 4.29. The largest absolute Gasteiger partial charge is 0.465 e. The van der Waals surface area contributed by atoms with Crippen LogP contribution in [-0.2, 0) is 21.3 Å². The Labute approximate surface area is 148 Å². The third-order valence-electron chi connectivity index (χ3n) is 3.17. The van der Waals surface area contributed by atoms with Crippen LogP contribution in [-0.4, -0.2) is 47.4 Å². The van der Waals surface area contributed by atoms with Gasteiger partial charge in [0.25, 0.3) is 0 Å². The van der Waals surface area contributed by atoms with Gasteiger partial charge in [-0.25, -0.2) is 14.6 Å². The SMILES string of the molecule is COC(=O)c1cc(NC(=O)CSc2nccn2C)cc(C(=O)OC)c1. The molecule has 0 aliphatic rings. The number of esters is 2. The van der Waals surface area contributed by atoms with E-state index in [9.17, 15) is 14.4 Å². The predicted molar refractivity (Wildman–Crippen MR) is 91.7 cm³/mol. The number of nitrogens with zero attached hydrogens (tertiary/aromatic N) is 2. The van der Waals surface area contributed by atoms with Gasteiger partial charge >= 0.3 is 11.9 Å². The average molecular weight is 363 g/mol. The molecule has 0 radical (unpaired) electrons. The summed E-state index contributed by atoms with van der Waals surface area (Å²) in [5.41, 5.74) is 0.573. The molecule has 0 saturated carbocycles. The molecule has 2 aromatic rings. The minimum absolute atomic E-state index is 0.126. The van der Waals surface area contributed by atoms with Gasteiger partial charge < -0.3 is 19.4 Å². The number of ether oxygens (including phenoxy) is 2. The highest BCUT2D eigenvalue weighted by Crippen LogP contribution is 2.19. The first kappa shape index (κ1) is 18.5. The van der Waals surface area contributed by atoms with E-state index in [1.165, 1.54) is 44.2 Å². The first-order valence-corrected chi connectivity index (χ1v) is 8.15. The van der Waals surface area contributed by atoms with Crippen LogP contribution in [0.1, 0.15) is 20.7 Å². The fourth-order valence-corrected chi connectivity index (χ4v) is 2.72. The summed E-state index contributed by atoms with van der Waals surface area (Å²) >= 11 is 1.27. The van der Waals surface area contributed by atoms with Crippen LogP contribution in [0.15, 0.2) is 35.7 Å². The molecule has 1 amide bonds.